The fourth-order valence-corrected chi connectivity index (χ4v) is 2.50. The second-order valence-corrected chi connectivity index (χ2v) is 5.62. The molecule has 0 saturated heterocycles. The SMILES string of the molecule is CCCc1nc(Cc2ccc(OC)cc2)nc(Cl)c1Br. The van der Waals surface area contributed by atoms with E-state index in [1.165, 1.54) is 0 Å². The first-order valence-electron chi connectivity index (χ1n) is 6.47. The third-order valence-corrected chi connectivity index (χ3v) is 4.27. The predicted molar refractivity (Wildman–Crippen MR) is 84.5 cm³/mol. The number of hydrogen-bond donors (Lipinski definition) is 0. The summed E-state index contributed by atoms with van der Waals surface area (Å²) in [6, 6.07) is 7.89. The Bertz CT molecular complexity index is 587. The van der Waals surface area contributed by atoms with Gasteiger partial charge in [0.25, 0.3) is 0 Å². The zero-order valence-corrected chi connectivity index (χ0v) is 13.8. The number of hydrogen-bond acceptors (Lipinski definition) is 3. The van der Waals surface area contributed by atoms with E-state index in [2.05, 4.69) is 32.8 Å². The molecule has 0 fully saturated rings. The molecule has 106 valence electrons. The molecule has 0 atom stereocenters. The van der Waals surface area contributed by atoms with Crippen molar-refractivity contribution in [2.24, 2.45) is 0 Å². The molecule has 0 N–H and O–H groups in total. The van der Waals surface area contributed by atoms with Gasteiger partial charge in [0.05, 0.1) is 17.3 Å². The number of aryl methyl sites for hydroxylation is 1. The van der Waals surface area contributed by atoms with Crippen LogP contribution in [0.1, 0.15) is 30.4 Å². The van der Waals surface area contributed by atoms with Gasteiger partial charge in [0.1, 0.15) is 16.7 Å². The normalized spacial score (nSPS) is 10.6. The van der Waals surface area contributed by atoms with Gasteiger partial charge >= 0.3 is 0 Å². The first-order chi connectivity index (χ1) is 9.63. The van der Waals surface area contributed by atoms with Crippen LogP contribution >= 0.6 is 27.5 Å². The van der Waals surface area contributed by atoms with E-state index in [0.29, 0.717) is 11.6 Å². The van der Waals surface area contributed by atoms with Crippen molar-refractivity contribution in [2.75, 3.05) is 7.11 Å². The summed E-state index contributed by atoms with van der Waals surface area (Å²) in [6.07, 6.45) is 2.57. The Morgan fingerprint density at radius 3 is 2.50 bits per heavy atom. The van der Waals surface area contributed by atoms with Crippen LogP contribution in [0.15, 0.2) is 28.7 Å². The van der Waals surface area contributed by atoms with Gasteiger partial charge < -0.3 is 4.74 Å². The zero-order valence-electron chi connectivity index (χ0n) is 11.5. The third kappa shape index (κ3) is 3.70. The molecular weight excluding hydrogens is 340 g/mol. The number of nitrogens with zero attached hydrogens (tertiary/aromatic N) is 2. The maximum atomic E-state index is 6.15. The molecule has 0 saturated carbocycles. The van der Waals surface area contributed by atoms with Gasteiger partial charge in [-0.15, -0.1) is 0 Å². The van der Waals surface area contributed by atoms with Crippen LogP contribution in [0.25, 0.3) is 0 Å². The highest BCUT2D eigenvalue weighted by Crippen LogP contribution is 2.25. The standard InChI is InChI=1S/C15H16BrClN2O/c1-3-4-12-14(16)15(17)19-13(18-12)9-10-5-7-11(20-2)8-6-10/h5-8H,3-4,9H2,1-2H3. The summed E-state index contributed by atoms with van der Waals surface area (Å²) in [6.45, 7) is 2.12. The quantitative estimate of drug-likeness (QED) is 0.744. The van der Waals surface area contributed by atoms with Crippen molar-refractivity contribution in [3.63, 3.8) is 0 Å². The lowest BCUT2D eigenvalue weighted by Gasteiger charge is -2.08. The van der Waals surface area contributed by atoms with E-state index in [0.717, 1.165) is 40.1 Å². The molecule has 0 spiro atoms. The Kier molecular flexibility index (Phi) is 5.38. The average Bonchev–Trinajstić information content (AvgIpc) is 2.45. The molecule has 3 nitrogen and oxygen atoms in total. The molecule has 0 unspecified atom stereocenters. The Morgan fingerprint density at radius 2 is 1.90 bits per heavy atom. The van der Waals surface area contributed by atoms with Crippen molar-refractivity contribution >= 4 is 27.5 Å². The number of ether oxygens (including phenoxy) is 1. The molecule has 0 radical (unpaired) electrons. The van der Waals surface area contributed by atoms with Gasteiger partial charge in [-0.25, -0.2) is 9.97 Å². The lowest BCUT2D eigenvalue weighted by atomic mass is 10.1. The Morgan fingerprint density at radius 1 is 1.20 bits per heavy atom. The summed E-state index contributed by atoms with van der Waals surface area (Å²) in [4.78, 5) is 8.92. The van der Waals surface area contributed by atoms with E-state index < -0.39 is 0 Å². The lowest BCUT2D eigenvalue weighted by molar-refractivity contribution is 0.414. The fourth-order valence-electron chi connectivity index (χ4n) is 1.92. The van der Waals surface area contributed by atoms with Crippen molar-refractivity contribution in [2.45, 2.75) is 26.2 Å². The van der Waals surface area contributed by atoms with E-state index in [9.17, 15) is 0 Å². The van der Waals surface area contributed by atoms with Crippen LogP contribution in [0.2, 0.25) is 5.15 Å². The highest BCUT2D eigenvalue weighted by atomic mass is 79.9. The molecule has 0 bridgehead atoms. The van der Waals surface area contributed by atoms with Crippen LogP contribution in [0.4, 0.5) is 0 Å². The number of rotatable bonds is 5. The van der Waals surface area contributed by atoms with Crippen molar-refractivity contribution in [3.05, 3.63) is 51.0 Å². The summed E-state index contributed by atoms with van der Waals surface area (Å²) >= 11 is 9.60. The van der Waals surface area contributed by atoms with Gasteiger partial charge in [0.2, 0.25) is 0 Å². The number of halogens is 2. The maximum absolute atomic E-state index is 6.15. The van der Waals surface area contributed by atoms with Crippen LogP contribution in [0, 0.1) is 0 Å². The van der Waals surface area contributed by atoms with Crippen LogP contribution in [0.5, 0.6) is 5.75 Å². The second-order valence-electron chi connectivity index (χ2n) is 4.47. The smallest absolute Gasteiger partial charge is 0.147 e. The molecule has 0 aliphatic carbocycles. The van der Waals surface area contributed by atoms with E-state index in [1.54, 1.807) is 7.11 Å². The van der Waals surface area contributed by atoms with Gasteiger partial charge in [-0.2, -0.15) is 0 Å². The minimum atomic E-state index is 0.479. The van der Waals surface area contributed by atoms with Gasteiger partial charge in [-0.1, -0.05) is 37.1 Å². The minimum absolute atomic E-state index is 0.479. The van der Waals surface area contributed by atoms with Gasteiger partial charge in [0.15, 0.2) is 0 Å². The maximum Gasteiger partial charge on any atom is 0.147 e. The third-order valence-electron chi connectivity index (χ3n) is 2.93. The van der Waals surface area contributed by atoms with Gasteiger partial charge in [0, 0.05) is 6.42 Å². The zero-order chi connectivity index (χ0) is 14.5. The minimum Gasteiger partial charge on any atom is -0.497 e. The molecule has 0 aliphatic heterocycles. The van der Waals surface area contributed by atoms with Crippen LogP contribution in [0.3, 0.4) is 0 Å². The molecule has 1 aromatic heterocycles. The largest absolute Gasteiger partial charge is 0.497 e. The topological polar surface area (TPSA) is 35.0 Å². The predicted octanol–water partition coefficient (Wildman–Crippen LogP) is 4.44. The monoisotopic (exact) mass is 354 g/mol. The summed E-state index contributed by atoms with van der Waals surface area (Å²) in [5.41, 5.74) is 2.10. The van der Waals surface area contributed by atoms with Gasteiger partial charge in [-0.3, -0.25) is 0 Å². The number of methoxy groups -OCH3 is 1. The van der Waals surface area contributed by atoms with E-state index in [1.807, 2.05) is 24.3 Å². The van der Waals surface area contributed by atoms with E-state index in [4.69, 9.17) is 16.3 Å². The highest BCUT2D eigenvalue weighted by Gasteiger charge is 2.10. The molecular formula is C15H16BrClN2O. The van der Waals surface area contributed by atoms with E-state index in [-0.39, 0.29) is 0 Å². The Hall–Kier alpha value is -1.13. The number of aromatic nitrogens is 2. The molecule has 2 rings (SSSR count). The molecule has 2 aromatic rings. The van der Waals surface area contributed by atoms with E-state index >= 15 is 0 Å². The molecule has 1 heterocycles. The molecule has 0 aliphatic rings. The lowest BCUT2D eigenvalue weighted by Crippen LogP contribution is -2.03. The van der Waals surface area contributed by atoms with Crippen molar-refractivity contribution < 1.29 is 4.74 Å². The number of benzene rings is 1. The van der Waals surface area contributed by atoms with Crippen LogP contribution in [-0.2, 0) is 12.8 Å². The molecule has 0 amide bonds. The van der Waals surface area contributed by atoms with Gasteiger partial charge in [-0.05, 0) is 40.0 Å². The summed E-state index contributed by atoms with van der Waals surface area (Å²) < 4.78 is 5.95. The summed E-state index contributed by atoms with van der Waals surface area (Å²) in [5, 5.41) is 0.479. The van der Waals surface area contributed by atoms with Crippen molar-refractivity contribution in [1.29, 1.82) is 0 Å². The van der Waals surface area contributed by atoms with Crippen molar-refractivity contribution in [3.8, 4) is 5.75 Å². The van der Waals surface area contributed by atoms with Crippen LogP contribution in [-0.4, -0.2) is 17.1 Å². The molecule has 5 heteroatoms. The highest BCUT2D eigenvalue weighted by molar-refractivity contribution is 9.10. The first kappa shape index (κ1) is 15.3. The Balaban J connectivity index is 2.23. The molecule has 1 aromatic carbocycles. The average molecular weight is 356 g/mol. The van der Waals surface area contributed by atoms with Crippen LogP contribution < -0.4 is 4.74 Å². The fraction of sp³-hybridized carbons (Fsp3) is 0.333. The Labute approximate surface area is 132 Å². The molecule has 20 heavy (non-hydrogen) atoms. The summed E-state index contributed by atoms with van der Waals surface area (Å²) in [7, 11) is 1.66. The van der Waals surface area contributed by atoms with Crippen molar-refractivity contribution in [1.82, 2.24) is 9.97 Å². The first-order valence-corrected chi connectivity index (χ1v) is 7.64. The summed E-state index contributed by atoms with van der Waals surface area (Å²) in [5.74, 6) is 1.59. The second kappa shape index (κ2) is 7.04.